The zero-order chi connectivity index (χ0) is 16.2. The van der Waals surface area contributed by atoms with Crippen LogP contribution >= 0.6 is 0 Å². The number of aryl methyl sites for hydroxylation is 2. The van der Waals surface area contributed by atoms with E-state index in [0.29, 0.717) is 6.42 Å². The third kappa shape index (κ3) is 4.58. The minimum atomic E-state index is -0.989. The van der Waals surface area contributed by atoms with Crippen molar-refractivity contribution in [2.24, 2.45) is 5.92 Å². The highest BCUT2D eigenvalue weighted by atomic mass is 16.4. The van der Waals surface area contributed by atoms with Gasteiger partial charge in [-0.25, -0.2) is 4.79 Å². The van der Waals surface area contributed by atoms with Crippen LogP contribution in [0.15, 0.2) is 6.07 Å². The van der Waals surface area contributed by atoms with Crippen LogP contribution in [-0.4, -0.2) is 32.8 Å². The number of carbonyl (C=O) groups excluding carboxylic acids is 1. The Balaban J connectivity index is 2.68. The molecule has 0 saturated carbocycles. The normalized spacial score (nSPS) is 15.3. The van der Waals surface area contributed by atoms with Gasteiger partial charge in [0.2, 0.25) is 5.91 Å². The molecule has 0 spiro atoms. The number of carboxylic acids is 1. The van der Waals surface area contributed by atoms with Gasteiger partial charge in [0.25, 0.3) is 0 Å². The summed E-state index contributed by atoms with van der Waals surface area (Å²) in [5.74, 6) is -1.35. The molecule has 0 aliphatic heterocycles. The van der Waals surface area contributed by atoms with Crippen LogP contribution in [0, 0.1) is 19.8 Å². The Hall–Kier alpha value is -1.85. The lowest BCUT2D eigenvalue weighted by atomic mass is 9.99. The molecular weight excluding hydrogens is 270 g/mol. The van der Waals surface area contributed by atoms with Crippen LogP contribution in [0.4, 0.5) is 0 Å². The fourth-order valence-electron chi connectivity index (χ4n) is 2.36. The lowest BCUT2D eigenvalue weighted by Gasteiger charge is -2.21. The van der Waals surface area contributed by atoms with Crippen molar-refractivity contribution in [3.05, 3.63) is 17.5 Å². The lowest BCUT2D eigenvalue weighted by Crippen LogP contribution is -2.45. The molecule has 0 aliphatic rings. The van der Waals surface area contributed by atoms with Gasteiger partial charge in [-0.1, -0.05) is 20.3 Å². The molecule has 21 heavy (non-hydrogen) atoms. The molecule has 6 nitrogen and oxygen atoms in total. The Kier molecular flexibility index (Phi) is 5.93. The summed E-state index contributed by atoms with van der Waals surface area (Å²) in [6.07, 6.45) is 0.909. The molecule has 6 heteroatoms. The fraction of sp³-hybridized carbons (Fsp3) is 0.667. The second-order valence-corrected chi connectivity index (χ2v) is 5.69. The van der Waals surface area contributed by atoms with Gasteiger partial charge in [-0.3, -0.25) is 9.48 Å². The molecule has 0 radical (unpaired) electrons. The SMILES string of the molecule is CCC(C)C(NC(=O)CC(C)n1nc(C)cc1C)C(=O)O. The number of rotatable bonds is 7. The number of aliphatic carboxylic acids is 1. The summed E-state index contributed by atoms with van der Waals surface area (Å²) in [5.41, 5.74) is 1.90. The average molecular weight is 295 g/mol. The van der Waals surface area contributed by atoms with Gasteiger partial charge in [0, 0.05) is 12.1 Å². The highest BCUT2D eigenvalue weighted by Gasteiger charge is 2.26. The van der Waals surface area contributed by atoms with E-state index in [1.807, 2.05) is 40.7 Å². The Morgan fingerprint density at radius 3 is 2.43 bits per heavy atom. The summed E-state index contributed by atoms with van der Waals surface area (Å²) in [5, 5.41) is 16.2. The average Bonchev–Trinajstić information content (AvgIpc) is 2.73. The number of hydrogen-bond donors (Lipinski definition) is 2. The molecule has 1 aromatic rings. The third-order valence-corrected chi connectivity index (χ3v) is 3.74. The van der Waals surface area contributed by atoms with Crippen molar-refractivity contribution in [3.63, 3.8) is 0 Å². The first-order chi connectivity index (χ1) is 9.76. The maximum absolute atomic E-state index is 12.1. The predicted octanol–water partition coefficient (Wildman–Crippen LogP) is 2.07. The lowest BCUT2D eigenvalue weighted by molar-refractivity contribution is -0.143. The number of nitrogens with zero attached hydrogens (tertiary/aromatic N) is 2. The molecule has 118 valence electrons. The second-order valence-electron chi connectivity index (χ2n) is 5.69. The summed E-state index contributed by atoms with van der Waals surface area (Å²) in [7, 11) is 0. The molecule has 3 unspecified atom stereocenters. The molecule has 0 saturated heterocycles. The molecule has 3 atom stereocenters. The molecule has 1 heterocycles. The minimum Gasteiger partial charge on any atom is -0.480 e. The molecule has 0 aromatic carbocycles. The summed E-state index contributed by atoms with van der Waals surface area (Å²) >= 11 is 0. The van der Waals surface area contributed by atoms with Crippen molar-refractivity contribution in [2.45, 2.75) is 59.5 Å². The monoisotopic (exact) mass is 295 g/mol. The Labute approximate surface area is 125 Å². The van der Waals surface area contributed by atoms with Gasteiger partial charge >= 0.3 is 5.97 Å². The molecule has 1 aromatic heterocycles. The smallest absolute Gasteiger partial charge is 0.326 e. The van der Waals surface area contributed by atoms with Crippen LogP contribution in [0.2, 0.25) is 0 Å². The van der Waals surface area contributed by atoms with Crippen LogP contribution in [0.25, 0.3) is 0 Å². The van der Waals surface area contributed by atoms with Gasteiger partial charge in [-0.05, 0) is 32.8 Å². The Morgan fingerprint density at radius 2 is 2.00 bits per heavy atom. The topological polar surface area (TPSA) is 84.2 Å². The number of carbonyl (C=O) groups is 2. The second kappa shape index (κ2) is 7.24. The summed E-state index contributed by atoms with van der Waals surface area (Å²) in [4.78, 5) is 23.3. The molecule has 1 amide bonds. The van der Waals surface area contributed by atoms with E-state index in [2.05, 4.69) is 10.4 Å². The zero-order valence-electron chi connectivity index (χ0n) is 13.4. The first kappa shape index (κ1) is 17.2. The van der Waals surface area contributed by atoms with Crippen molar-refractivity contribution >= 4 is 11.9 Å². The number of aromatic nitrogens is 2. The van der Waals surface area contributed by atoms with Crippen LogP contribution in [0.5, 0.6) is 0 Å². The quantitative estimate of drug-likeness (QED) is 0.806. The van der Waals surface area contributed by atoms with E-state index < -0.39 is 12.0 Å². The molecule has 1 rings (SSSR count). The number of hydrogen-bond acceptors (Lipinski definition) is 3. The summed E-state index contributed by atoms with van der Waals surface area (Å²) in [6.45, 7) is 9.47. The van der Waals surface area contributed by atoms with Crippen LogP contribution in [0.3, 0.4) is 0 Å². The van der Waals surface area contributed by atoms with Crippen LogP contribution < -0.4 is 5.32 Å². The molecule has 2 N–H and O–H groups in total. The Morgan fingerprint density at radius 1 is 1.38 bits per heavy atom. The number of nitrogens with one attached hydrogen (secondary N) is 1. The first-order valence-electron chi connectivity index (χ1n) is 7.31. The van der Waals surface area contributed by atoms with E-state index in [0.717, 1.165) is 11.4 Å². The van der Waals surface area contributed by atoms with Crippen LogP contribution in [-0.2, 0) is 9.59 Å². The van der Waals surface area contributed by atoms with E-state index in [-0.39, 0.29) is 24.3 Å². The molecule has 0 aliphatic carbocycles. The Bertz CT molecular complexity index is 510. The van der Waals surface area contributed by atoms with Gasteiger partial charge in [0.1, 0.15) is 6.04 Å². The van der Waals surface area contributed by atoms with Crippen molar-refractivity contribution in [3.8, 4) is 0 Å². The highest BCUT2D eigenvalue weighted by Crippen LogP contribution is 2.15. The number of amides is 1. The van der Waals surface area contributed by atoms with Crippen LogP contribution in [0.1, 0.15) is 51.0 Å². The highest BCUT2D eigenvalue weighted by molar-refractivity contribution is 5.83. The molecular formula is C15H25N3O3. The largest absolute Gasteiger partial charge is 0.480 e. The maximum atomic E-state index is 12.1. The zero-order valence-corrected chi connectivity index (χ0v) is 13.4. The van der Waals surface area contributed by atoms with E-state index >= 15 is 0 Å². The number of carboxylic acid groups (broad SMARTS) is 1. The molecule has 0 fully saturated rings. The maximum Gasteiger partial charge on any atom is 0.326 e. The molecule has 0 bridgehead atoms. The summed E-state index contributed by atoms with van der Waals surface area (Å²) in [6, 6.07) is 1.01. The van der Waals surface area contributed by atoms with Gasteiger partial charge in [-0.2, -0.15) is 5.10 Å². The van der Waals surface area contributed by atoms with Gasteiger partial charge in [-0.15, -0.1) is 0 Å². The third-order valence-electron chi connectivity index (χ3n) is 3.74. The standard InChI is InChI=1S/C15H25N3O3/c1-6-9(2)14(15(20)21)16-13(19)8-12(5)18-11(4)7-10(3)17-18/h7,9,12,14H,6,8H2,1-5H3,(H,16,19)(H,20,21). The fourth-order valence-corrected chi connectivity index (χ4v) is 2.36. The first-order valence-corrected chi connectivity index (χ1v) is 7.31. The van der Waals surface area contributed by atoms with Crippen molar-refractivity contribution in [1.82, 2.24) is 15.1 Å². The van der Waals surface area contributed by atoms with Crippen molar-refractivity contribution in [2.75, 3.05) is 0 Å². The predicted molar refractivity (Wildman–Crippen MR) is 80.1 cm³/mol. The van der Waals surface area contributed by atoms with Gasteiger partial charge < -0.3 is 10.4 Å². The van der Waals surface area contributed by atoms with Gasteiger partial charge in [0.05, 0.1) is 11.7 Å². The van der Waals surface area contributed by atoms with E-state index in [4.69, 9.17) is 0 Å². The van der Waals surface area contributed by atoms with E-state index in [9.17, 15) is 14.7 Å². The van der Waals surface area contributed by atoms with E-state index in [1.165, 1.54) is 0 Å². The van der Waals surface area contributed by atoms with Crippen molar-refractivity contribution in [1.29, 1.82) is 0 Å². The minimum absolute atomic E-state index is 0.101. The van der Waals surface area contributed by atoms with Gasteiger partial charge in [0.15, 0.2) is 0 Å². The van der Waals surface area contributed by atoms with E-state index in [1.54, 1.807) is 4.68 Å². The van der Waals surface area contributed by atoms with Crippen molar-refractivity contribution < 1.29 is 14.7 Å². The summed E-state index contributed by atoms with van der Waals surface area (Å²) < 4.78 is 1.80.